The second-order valence-corrected chi connectivity index (χ2v) is 8.61. The van der Waals surface area contributed by atoms with Gasteiger partial charge >= 0.3 is 5.97 Å². The van der Waals surface area contributed by atoms with Gasteiger partial charge in [-0.25, -0.2) is 4.79 Å². The number of aromatic hydroxyl groups is 1. The summed E-state index contributed by atoms with van der Waals surface area (Å²) in [6.07, 6.45) is 1.04. The van der Waals surface area contributed by atoms with Crippen molar-refractivity contribution in [2.24, 2.45) is 38.7 Å². The molecule has 1 aromatic rings. The number of rotatable bonds is 17. The van der Waals surface area contributed by atoms with Gasteiger partial charge in [0, 0.05) is 19.5 Å². The van der Waals surface area contributed by atoms with Gasteiger partial charge in [0.25, 0.3) is 0 Å². The van der Waals surface area contributed by atoms with E-state index in [1.807, 2.05) is 0 Å². The lowest BCUT2D eigenvalue weighted by atomic mass is 10.0. The number of phenolic OH excluding ortho intramolecular Hbond substituents is 1. The fourth-order valence-corrected chi connectivity index (χ4v) is 3.31. The summed E-state index contributed by atoms with van der Waals surface area (Å²) in [4.78, 5) is 57.0. The average Bonchev–Trinajstić information content (AvgIpc) is 2.87. The number of hydrogen-bond acceptors (Lipinski definition) is 8. The molecule has 0 radical (unpaired) electrons. The predicted octanol–water partition coefficient (Wildman–Crippen LogP) is -3.46. The largest absolute Gasteiger partial charge is 0.508 e. The first-order valence-corrected chi connectivity index (χ1v) is 12.1. The highest BCUT2D eigenvalue weighted by Gasteiger charge is 2.27. The number of hydrogen-bond donors (Lipinski definition) is 10. The van der Waals surface area contributed by atoms with Crippen LogP contribution in [0.4, 0.5) is 0 Å². The summed E-state index contributed by atoms with van der Waals surface area (Å²) < 4.78 is 0. The number of aliphatic carboxylic acids is 1. The van der Waals surface area contributed by atoms with Crippen LogP contribution < -0.4 is 44.6 Å². The first-order chi connectivity index (χ1) is 18.4. The van der Waals surface area contributed by atoms with Crippen molar-refractivity contribution < 1.29 is 29.4 Å². The van der Waals surface area contributed by atoms with Gasteiger partial charge in [-0.15, -0.1) is 0 Å². The van der Waals surface area contributed by atoms with Crippen molar-refractivity contribution in [2.75, 3.05) is 19.6 Å². The third kappa shape index (κ3) is 14.1. The van der Waals surface area contributed by atoms with Crippen molar-refractivity contribution in [3.05, 3.63) is 29.8 Å². The molecule has 0 saturated carbocycles. The van der Waals surface area contributed by atoms with E-state index >= 15 is 0 Å². The summed E-state index contributed by atoms with van der Waals surface area (Å²) in [6, 6.07) is 2.50. The zero-order chi connectivity index (χ0) is 29.4. The average molecular weight is 551 g/mol. The molecule has 16 nitrogen and oxygen atoms in total. The molecule has 0 aliphatic heterocycles. The normalized spacial score (nSPS) is 12.7. The lowest BCUT2D eigenvalue weighted by Gasteiger charge is -2.22. The monoisotopic (exact) mass is 550 g/mol. The Bertz CT molecular complexity index is 1020. The molecular formula is C23H38N10O6. The molecule has 0 bridgehead atoms. The smallest absolute Gasteiger partial charge is 0.326 e. The van der Waals surface area contributed by atoms with E-state index in [2.05, 4.69) is 25.9 Å². The molecule has 0 aromatic heterocycles. The number of benzene rings is 1. The van der Waals surface area contributed by atoms with Crippen molar-refractivity contribution in [3.63, 3.8) is 0 Å². The minimum atomic E-state index is -1.31. The summed E-state index contributed by atoms with van der Waals surface area (Å²) in [6.45, 7) is 0.00178. The number of nitrogens with zero attached hydrogens (tertiary/aromatic N) is 2. The topological polar surface area (TPSA) is 300 Å². The van der Waals surface area contributed by atoms with Gasteiger partial charge in [-0.2, -0.15) is 0 Å². The molecule has 1 rings (SSSR count). The molecule has 3 amide bonds. The maximum Gasteiger partial charge on any atom is 0.326 e. The number of nitrogens with one attached hydrogen (secondary N) is 3. The zero-order valence-corrected chi connectivity index (χ0v) is 21.5. The molecule has 3 atom stereocenters. The number of guanidine groups is 2. The highest BCUT2D eigenvalue weighted by Crippen LogP contribution is 2.12. The second-order valence-electron chi connectivity index (χ2n) is 8.61. The van der Waals surface area contributed by atoms with Crippen molar-refractivity contribution >= 4 is 35.6 Å². The van der Waals surface area contributed by atoms with Gasteiger partial charge in [-0.05, 0) is 43.4 Å². The van der Waals surface area contributed by atoms with Crippen molar-refractivity contribution in [2.45, 2.75) is 50.2 Å². The molecule has 15 N–H and O–H groups in total. The van der Waals surface area contributed by atoms with Gasteiger partial charge in [0.05, 0.1) is 12.6 Å². The molecule has 3 unspecified atom stereocenters. The second kappa shape index (κ2) is 17.0. The Morgan fingerprint density at radius 3 is 1.92 bits per heavy atom. The standard InChI is InChI=1S/C23H38N10O6/c24-15(3-1-9-29-22(25)26)19(36)31-12-18(35)32-16(4-2-10-30-23(27)28)20(37)33-17(21(38)39)11-13-5-7-14(34)8-6-13/h5-8,15-17,34H,1-4,9-12,24H2,(H,31,36)(H,32,35)(H,33,37)(H,38,39)(H4,25,26,29)(H4,27,28,30). The van der Waals surface area contributed by atoms with Crippen LogP contribution in [0.5, 0.6) is 5.75 Å². The Hall–Kier alpha value is -4.60. The van der Waals surface area contributed by atoms with Crippen LogP contribution in [0, 0.1) is 0 Å². The van der Waals surface area contributed by atoms with Gasteiger partial charge in [-0.1, -0.05) is 12.1 Å². The Morgan fingerprint density at radius 1 is 0.821 bits per heavy atom. The van der Waals surface area contributed by atoms with E-state index in [0.717, 1.165) is 0 Å². The van der Waals surface area contributed by atoms with Gasteiger partial charge in [0.2, 0.25) is 17.7 Å². The summed E-state index contributed by atoms with van der Waals surface area (Å²) in [5.74, 6) is -3.51. The molecule has 0 aliphatic carbocycles. The lowest BCUT2D eigenvalue weighted by Crippen LogP contribution is -2.54. The molecular weight excluding hydrogens is 512 g/mol. The first kappa shape index (κ1) is 32.4. The maximum atomic E-state index is 13.0. The van der Waals surface area contributed by atoms with E-state index in [1.165, 1.54) is 24.3 Å². The van der Waals surface area contributed by atoms with Gasteiger partial charge in [0.1, 0.15) is 17.8 Å². The number of nitrogens with two attached hydrogens (primary N) is 5. The minimum absolute atomic E-state index is 0.0113. The van der Waals surface area contributed by atoms with Crippen LogP contribution in [-0.4, -0.2) is 83.6 Å². The van der Waals surface area contributed by atoms with Crippen LogP contribution in [0.1, 0.15) is 31.2 Å². The van der Waals surface area contributed by atoms with E-state index in [1.54, 1.807) is 0 Å². The molecule has 0 saturated heterocycles. The maximum absolute atomic E-state index is 13.0. The molecule has 39 heavy (non-hydrogen) atoms. The number of carboxylic acid groups (broad SMARTS) is 1. The summed E-state index contributed by atoms with van der Waals surface area (Å²) in [7, 11) is 0. The molecule has 16 heteroatoms. The Balaban J connectivity index is 2.76. The van der Waals surface area contributed by atoms with E-state index in [0.29, 0.717) is 24.9 Å². The third-order valence-corrected chi connectivity index (χ3v) is 5.32. The van der Waals surface area contributed by atoms with E-state index in [9.17, 15) is 29.4 Å². The van der Waals surface area contributed by atoms with E-state index in [4.69, 9.17) is 28.7 Å². The minimum Gasteiger partial charge on any atom is -0.508 e. The van der Waals surface area contributed by atoms with Crippen LogP contribution >= 0.6 is 0 Å². The van der Waals surface area contributed by atoms with Gasteiger partial charge < -0.3 is 54.8 Å². The third-order valence-electron chi connectivity index (χ3n) is 5.32. The van der Waals surface area contributed by atoms with Crippen molar-refractivity contribution in [1.29, 1.82) is 0 Å². The highest BCUT2D eigenvalue weighted by atomic mass is 16.4. The Labute approximate surface area is 225 Å². The van der Waals surface area contributed by atoms with Gasteiger partial charge in [-0.3, -0.25) is 24.4 Å². The summed E-state index contributed by atoms with van der Waals surface area (Å²) in [5.41, 5.74) is 27.4. The number of phenols is 1. The lowest BCUT2D eigenvalue weighted by molar-refractivity contribution is -0.142. The number of carbonyl (C=O) groups is 4. The van der Waals surface area contributed by atoms with Crippen LogP contribution in [0.25, 0.3) is 0 Å². The molecule has 0 spiro atoms. The predicted molar refractivity (Wildman–Crippen MR) is 144 cm³/mol. The quantitative estimate of drug-likeness (QED) is 0.0516. The Kier molecular flexibility index (Phi) is 14.1. The Morgan fingerprint density at radius 2 is 1.38 bits per heavy atom. The van der Waals surface area contributed by atoms with Crippen LogP contribution in [0.2, 0.25) is 0 Å². The molecule has 0 aliphatic rings. The molecule has 0 heterocycles. The van der Waals surface area contributed by atoms with Gasteiger partial charge in [0.15, 0.2) is 11.9 Å². The molecule has 216 valence electrons. The van der Waals surface area contributed by atoms with Crippen molar-refractivity contribution in [3.8, 4) is 5.75 Å². The highest BCUT2D eigenvalue weighted by molar-refractivity contribution is 5.92. The van der Waals surface area contributed by atoms with Crippen LogP contribution in [0.3, 0.4) is 0 Å². The molecule has 1 aromatic carbocycles. The summed E-state index contributed by atoms with van der Waals surface area (Å²) in [5, 5.41) is 26.3. The zero-order valence-electron chi connectivity index (χ0n) is 21.5. The van der Waals surface area contributed by atoms with Crippen molar-refractivity contribution in [1.82, 2.24) is 16.0 Å². The fraction of sp³-hybridized carbons (Fsp3) is 0.478. The van der Waals surface area contributed by atoms with Crippen LogP contribution in [-0.2, 0) is 25.6 Å². The number of carboxylic acids is 1. The first-order valence-electron chi connectivity index (χ1n) is 12.1. The number of amides is 3. The van der Waals surface area contributed by atoms with Crippen LogP contribution in [0.15, 0.2) is 34.3 Å². The number of aliphatic imine (C=N–C) groups is 2. The SMILES string of the molecule is NC(N)=NCCCC(N)C(=O)NCC(=O)NC(CCCN=C(N)N)C(=O)NC(Cc1ccc(O)cc1)C(=O)O. The van der Waals surface area contributed by atoms with E-state index in [-0.39, 0.29) is 43.5 Å². The fourth-order valence-electron chi connectivity index (χ4n) is 3.31. The summed E-state index contributed by atoms with van der Waals surface area (Å²) >= 11 is 0. The number of carbonyl (C=O) groups excluding carboxylic acids is 3. The molecule has 0 fully saturated rings. The van der Waals surface area contributed by atoms with E-state index < -0.39 is 48.4 Å².